The van der Waals surface area contributed by atoms with Crippen LogP contribution in [0.1, 0.15) is 51.4 Å². The molecule has 20 heavy (non-hydrogen) atoms. The fourth-order valence-corrected chi connectivity index (χ4v) is 4.93. The van der Waals surface area contributed by atoms with Crippen LogP contribution >= 0.6 is 0 Å². The molecule has 2 aliphatic rings. The molecule has 0 saturated heterocycles. The molecule has 1 amide bonds. The molecule has 0 aromatic heterocycles. The van der Waals surface area contributed by atoms with Crippen LogP contribution in [-0.4, -0.2) is 42.8 Å². The molecule has 0 unspecified atom stereocenters. The molecule has 5 nitrogen and oxygen atoms in total. The second-order valence-electron chi connectivity index (χ2n) is 5.97. The van der Waals surface area contributed by atoms with Gasteiger partial charge in [-0.1, -0.05) is 12.8 Å². The highest BCUT2D eigenvalue weighted by atomic mass is 32.2. The van der Waals surface area contributed by atoms with Gasteiger partial charge >= 0.3 is 0 Å². The number of rotatable bonds is 5. The van der Waals surface area contributed by atoms with E-state index in [9.17, 15) is 18.5 Å². The van der Waals surface area contributed by atoms with Gasteiger partial charge < -0.3 is 4.90 Å². The summed E-state index contributed by atoms with van der Waals surface area (Å²) in [5.74, 6) is -0.310. The summed E-state index contributed by atoms with van der Waals surface area (Å²) in [6.45, 7) is 0. The van der Waals surface area contributed by atoms with Crippen LogP contribution in [0.15, 0.2) is 0 Å². The number of carbonyl (C=O) groups is 1. The topological polar surface area (TPSA) is 78.2 Å². The van der Waals surface area contributed by atoms with Crippen LogP contribution in [0.2, 0.25) is 0 Å². The minimum atomic E-state index is -3.16. The van der Waals surface area contributed by atoms with E-state index in [-0.39, 0.29) is 23.3 Å². The van der Waals surface area contributed by atoms with E-state index < -0.39 is 15.4 Å². The zero-order chi connectivity index (χ0) is 14.8. The summed E-state index contributed by atoms with van der Waals surface area (Å²) in [6, 6.07) is 2.20. The Hall–Kier alpha value is -1.09. The molecule has 0 aromatic rings. The SMILES string of the molecule is CN(C(=O)CCS(=O)(=O)C1CCCC1)C1(C#N)CCC1. The van der Waals surface area contributed by atoms with Crippen LogP contribution in [0.4, 0.5) is 0 Å². The van der Waals surface area contributed by atoms with Crippen LogP contribution in [-0.2, 0) is 14.6 Å². The first kappa shape index (κ1) is 15.3. The molecule has 2 saturated carbocycles. The predicted molar refractivity (Wildman–Crippen MR) is 75.6 cm³/mol. The van der Waals surface area contributed by atoms with E-state index in [0.29, 0.717) is 12.8 Å². The number of nitrogens with zero attached hydrogens (tertiary/aromatic N) is 2. The summed E-state index contributed by atoms with van der Waals surface area (Å²) in [5, 5.41) is 8.94. The van der Waals surface area contributed by atoms with Gasteiger partial charge in [0.2, 0.25) is 5.91 Å². The van der Waals surface area contributed by atoms with Gasteiger partial charge in [0, 0.05) is 13.5 Å². The fraction of sp³-hybridized carbons (Fsp3) is 0.857. The van der Waals surface area contributed by atoms with Gasteiger partial charge in [-0.25, -0.2) is 8.42 Å². The van der Waals surface area contributed by atoms with Crippen molar-refractivity contribution in [2.45, 2.75) is 62.2 Å². The van der Waals surface area contributed by atoms with E-state index >= 15 is 0 Å². The highest BCUT2D eigenvalue weighted by Crippen LogP contribution is 2.36. The van der Waals surface area contributed by atoms with Crippen LogP contribution in [0.25, 0.3) is 0 Å². The maximum atomic E-state index is 12.1. The van der Waals surface area contributed by atoms with Crippen molar-refractivity contribution in [2.75, 3.05) is 12.8 Å². The van der Waals surface area contributed by atoms with Crippen molar-refractivity contribution in [3.05, 3.63) is 0 Å². The van der Waals surface area contributed by atoms with Crippen molar-refractivity contribution in [3.8, 4) is 6.07 Å². The second kappa shape index (κ2) is 5.72. The Morgan fingerprint density at radius 1 is 1.30 bits per heavy atom. The first-order valence-corrected chi connectivity index (χ1v) is 9.02. The van der Waals surface area contributed by atoms with E-state index in [1.165, 1.54) is 4.90 Å². The lowest BCUT2D eigenvalue weighted by Gasteiger charge is -2.43. The summed E-state index contributed by atoms with van der Waals surface area (Å²) in [6.07, 6.45) is 5.74. The Morgan fingerprint density at radius 2 is 1.90 bits per heavy atom. The summed E-state index contributed by atoms with van der Waals surface area (Å²) in [4.78, 5) is 13.6. The molecule has 0 radical (unpaired) electrons. The molecule has 0 aromatic carbocycles. The lowest BCUT2D eigenvalue weighted by molar-refractivity contribution is -0.135. The molecule has 6 heteroatoms. The van der Waals surface area contributed by atoms with Gasteiger partial charge in [-0.2, -0.15) is 5.26 Å². The van der Waals surface area contributed by atoms with Gasteiger partial charge in [0.05, 0.1) is 17.1 Å². The molecule has 0 aliphatic heterocycles. The van der Waals surface area contributed by atoms with Crippen molar-refractivity contribution in [2.24, 2.45) is 0 Å². The maximum Gasteiger partial charge on any atom is 0.224 e. The van der Waals surface area contributed by atoms with Crippen molar-refractivity contribution in [1.82, 2.24) is 4.90 Å². The molecule has 112 valence electrons. The number of hydrogen-bond acceptors (Lipinski definition) is 4. The molecule has 2 rings (SSSR count). The molecule has 2 fully saturated rings. The third kappa shape index (κ3) is 2.83. The molecule has 0 spiro atoms. The molecule has 0 atom stereocenters. The lowest BCUT2D eigenvalue weighted by atomic mass is 9.76. The van der Waals surface area contributed by atoms with Gasteiger partial charge in [0.1, 0.15) is 5.54 Å². The molecule has 0 N–H and O–H groups in total. The van der Waals surface area contributed by atoms with Crippen LogP contribution in [0.3, 0.4) is 0 Å². The minimum Gasteiger partial charge on any atom is -0.327 e. The molecule has 0 bridgehead atoms. The second-order valence-corrected chi connectivity index (χ2v) is 8.37. The number of carbonyl (C=O) groups excluding carboxylic acids is 1. The Balaban J connectivity index is 1.90. The third-order valence-corrected chi connectivity index (χ3v) is 7.08. The van der Waals surface area contributed by atoms with Crippen molar-refractivity contribution >= 4 is 15.7 Å². The summed E-state index contributed by atoms with van der Waals surface area (Å²) in [5.41, 5.74) is -0.686. The maximum absolute atomic E-state index is 12.1. The highest BCUT2D eigenvalue weighted by Gasteiger charge is 2.43. The largest absolute Gasteiger partial charge is 0.327 e. The Morgan fingerprint density at radius 3 is 2.35 bits per heavy atom. The third-order valence-electron chi connectivity index (χ3n) is 4.82. The van der Waals surface area contributed by atoms with E-state index in [0.717, 1.165) is 32.1 Å². The van der Waals surface area contributed by atoms with Crippen LogP contribution < -0.4 is 0 Å². The van der Waals surface area contributed by atoms with Gasteiger partial charge in [-0.3, -0.25) is 4.79 Å². The molecular weight excluding hydrogens is 276 g/mol. The molecular formula is C14H22N2O3S. The van der Waals surface area contributed by atoms with E-state index in [1.54, 1.807) is 7.05 Å². The van der Waals surface area contributed by atoms with Crippen LogP contribution in [0, 0.1) is 11.3 Å². The normalized spacial score (nSPS) is 22.0. The van der Waals surface area contributed by atoms with Crippen LogP contribution in [0.5, 0.6) is 0 Å². The lowest BCUT2D eigenvalue weighted by Crippen LogP contribution is -2.53. The van der Waals surface area contributed by atoms with Gasteiger partial charge in [0.15, 0.2) is 9.84 Å². The smallest absolute Gasteiger partial charge is 0.224 e. The Labute approximate surface area is 120 Å². The van der Waals surface area contributed by atoms with Gasteiger partial charge in [-0.15, -0.1) is 0 Å². The number of amides is 1. The van der Waals surface area contributed by atoms with E-state index in [1.807, 2.05) is 0 Å². The van der Waals surface area contributed by atoms with Crippen molar-refractivity contribution < 1.29 is 13.2 Å². The Bertz CT molecular complexity index is 511. The number of hydrogen-bond donors (Lipinski definition) is 0. The zero-order valence-corrected chi connectivity index (χ0v) is 12.8. The first-order chi connectivity index (χ1) is 9.41. The minimum absolute atomic E-state index is 0.00123. The standard InChI is InChI=1S/C14H22N2O3S/c1-16(14(11-15)8-4-9-14)13(17)7-10-20(18,19)12-5-2-3-6-12/h12H,2-10H2,1H3. The molecule has 2 aliphatic carbocycles. The summed E-state index contributed by atoms with van der Waals surface area (Å²) >= 11 is 0. The van der Waals surface area contributed by atoms with Crippen molar-refractivity contribution in [1.29, 1.82) is 5.26 Å². The summed E-state index contributed by atoms with van der Waals surface area (Å²) < 4.78 is 24.3. The van der Waals surface area contributed by atoms with E-state index in [4.69, 9.17) is 0 Å². The summed E-state index contributed by atoms with van der Waals surface area (Å²) in [7, 11) is -1.54. The van der Waals surface area contributed by atoms with Gasteiger partial charge in [-0.05, 0) is 32.1 Å². The van der Waals surface area contributed by atoms with Gasteiger partial charge in [0.25, 0.3) is 0 Å². The fourth-order valence-electron chi connectivity index (χ4n) is 3.08. The number of nitriles is 1. The molecule has 0 heterocycles. The first-order valence-electron chi connectivity index (χ1n) is 7.31. The quantitative estimate of drug-likeness (QED) is 0.773. The van der Waals surface area contributed by atoms with Crippen molar-refractivity contribution in [3.63, 3.8) is 0 Å². The average molecular weight is 298 g/mol. The highest BCUT2D eigenvalue weighted by molar-refractivity contribution is 7.92. The van der Waals surface area contributed by atoms with E-state index in [2.05, 4.69) is 6.07 Å². The average Bonchev–Trinajstić information content (AvgIpc) is 2.90. The monoisotopic (exact) mass is 298 g/mol. The predicted octanol–water partition coefficient (Wildman–Crippen LogP) is 1.64. The Kier molecular flexibility index (Phi) is 4.38. The zero-order valence-electron chi connectivity index (χ0n) is 12.0. The number of sulfone groups is 1.